The fourth-order valence-corrected chi connectivity index (χ4v) is 1.33. The minimum Gasteiger partial charge on any atom is -0.298 e. The molecule has 0 aliphatic carbocycles. The van der Waals surface area contributed by atoms with Crippen LogP contribution < -0.4 is 0 Å². The van der Waals surface area contributed by atoms with Crippen molar-refractivity contribution in [1.29, 1.82) is 0 Å². The molecule has 2 heteroatoms. The van der Waals surface area contributed by atoms with Crippen LogP contribution in [0.2, 0.25) is 0 Å². The van der Waals surface area contributed by atoms with Crippen LogP contribution in [0.4, 0.5) is 4.39 Å². The van der Waals surface area contributed by atoms with E-state index in [1.54, 1.807) is 12.1 Å². The topological polar surface area (TPSA) is 17.1 Å². The summed E-state index contributed by atoms with van der Waals surface area (Å²) in [6.07, 6.45) is 0.564. The number of aryl methyl sites for hydroxylation is 1. The molecule has 0 amide bonds. The molecule has 0 saturated heterocycles. The van der Waals surface area contributed by atoms with Gasteiger partial charge in [0, 0.05) is 0 Å². The van der Waals surface area contributed by atoms with Crippen LogP contribution in [0.15, 0.2) is 12.1 Å². The summed E-state index contributed by atoms with van der Waals surface area (Å²) in [5, 5.41) is 0. The molecule has 0 aromatic heterocycles. The second kappa shape index (κ2) is 3.69. The standard InChI is InChI=1S/C11H13FO/c1-7(2)10-5-8(3)4-9(6-13)11(10)12/h4-7H,1-3H3. The third kappa shape index (κ3) is 1.94. The van der Waals surface area contributed by atoms with Gasteiger partial charge in [0.15, 0.2) is 6.29 Å². The van der Waals surface area contributed by atoms with Crippen molar-refractivity contribution in [1.82, 2.24) is 0 Å². The summed E-state index contributed by atoms with van der Waals surface area (Å²) in [6, 6.07) is 3.35. The highest BCUT2D eigenvalue weighted by Gasteiger charge is 2.11. The molecule has 0 saturated carbocycles. The molecule has 1 aromatic carbocycles. The van der Waals surface area contributed by atoms with E-state index >= 15 is 0 Å². The van der Waals surface area contributed by atoms with Crippen molar-refractivity contribution in [2.24, 2.45) is 0 Å². The van der Waals surface area contributed by atoms with Gasteiger partial charge in [0.25, 0.3) is 0 Å². The third-order valence-electron chi connectivity index (χ3n) is 2.02. The summed E-state index contributed by atoms with van der Waals surface area (Å²) in [5.74, 6) is -0.269. The van der Waals surface area contributed by atoms with Gasteiger partial charge in [0.1, 0.15) is 5.82 Å². The molecule has 0 unspecified atom stereocenters. The van der Waals surface area contributed by atoms with Crippen molar-refractivity contribution in [3.63, 3.8) is 0 Å². The summed E-state index contributed by atoms with van der Waals surface area (Å²) in [4.78, 5) is 10.5. The number of rotatable bonds is 2. The Balaban J connectivity index is 3.35. The molecule has 13 heavy (non-hydrogen) atoms. The smallest absolute Gasteiger partial charge is 0.153 e. The molecule has 0 aliphatic heterocycles. The first kappa shape index (κ1) is 9.90. The number of benzene rings is 1. The van der Waals surface area contributed by atoms with Crippen LogP contribution in [0.3, 0.4) is 0 Å². The number of aldehydes is 1. The molecule has 0 spiro atoms. The maximum Gasteiger partial charge on any atom is 0.153 e. The van der Waals surface area contributed by atoms with Gasteiger partial charge in [0.2, 0.25) is 0 Å². The van der Waals surface area contributed by atoms with E-state index in [2.05, 4.69) is 0 Å². The normalized spacial score (nSPS) is 10.5. The van der Waals surface area contributed by atoms with Crippen LogP contribution in [-0.2, 0) is 0 Å². The lowest BCUT2D eigenvalue weighted by Crippen LogP contribution is -1.99. The summed E-state index contributed by atoms with van der Waals surface area (Å²) < 4.78 is 13.5. The second-order valence-corrected chi connectivity index (χ2v) is 3.53. The lowest BCUT2D eigenvalue weighted by Gasteiger charge is -2.09. The third-order valence-corrected chi connectivity index (χ3v) is 2.02. The van der Waals surface area contributed by atoms with Crippen LogP contribution in [0.5, 0.6) is 0 Å². The van der Waals surface area contributed by atoms with Gasteiger partial charge in [-0.25, -0.2) is 4.39 Å². The molecule has 0 N–H and O–H groups in total. The Labute approximate surface area is 77.6 Å². The van der Waals surface area contributed by atoms with Gasteiger partial charge in [-0.3, -0.25) is 4.79 Å². The van der Waals surface area contributed by atoms with E-state index in [4.69, 9.17) is 0 Å². The largest absolute Gasteiger partial charge is 0.298 e. The zero-order chi connectivity index (χ0) is 10.0. The first-order valence-electron chi connectivity index (χ1n) is 4.31. The van der Waals surface area contributed by atoms with Gasteiger partial charge in [-0.1, -0.05) is 19.9 Å². The van der Waals surface area contributed by atoms with Crippen LogP contribution in [0.1, 0.15) is 41.3 Å². The van der Waals surface area contributed by atoms with Gasteiger partial charge in [-0.05, 0) is 30.0 Å². The summed E-state index contributed by atoms with van der Waals surface area (Å²) >= 11 is 0. The minimum absolute atomic E-state index is 0.110. The number of hydrogen-bond donors (Lipinski definition) is 0. The van der Waals surface area contributed by atoms with E-state index in [9.17, 15) is 9.18 Å². The molecule has 0 aliphatic rings. The fraction of sp³-hybridized carbons (Fsp3) is 0.364. The highest BCUT2D eigenvalue weighted by molar-refractivity contribution is 5.76. The van der Waals surface area contributed by atoms with Crippen molar-refractivity contribution in [3.05, 3.63) is 34.6 Å². The van der Waals surface area contributed by atoms with Gasteiger partial charge < -0.3 is 0 Å². The predicted octanol–water partition coefficient (Wildman–Crippen LogP) is 3.07. The van der Waals surface area contributed by atoms with Crippen molar-refractivity contribution < 1.29 is 9.18 Å². The SMILES string of the molecule is Cc1cc(C=O)c(F)c(C(C)C)c1. The molecule has 1 nitrogen and oxygen atoms in total. The molecule has 70 valence electrons. The Hall–Kier alpha value is -1.18. The first-order chi connectivity index (χ1) is 6.06. The Morgan fingerprint density at radius 3 is 2.46 bits per heavy atom. The lowest BCUT2D eigenvalue weighted by molar-refractivity contribution is 0.111. The Morgan fingerprint density at radius 1 is 1.38 bits per heavy atom. The monoisotopic (exact) mass is 180 g/mol. The Bertz CT molecular complexity index is 329. The zero-order valence-electron chi connectivity index (χ0n) is 8.10. The lowest BCUT2D eigenvalue weighted by atomic mass is 9.97. The number of carbonyl (C=O) groups excluding carboxylic acids is 1. The van der Waals surface area contributed by atoms with E-state index < -0.39 is 0 Å². The van der Waals surface area contributed by atoms with Crippen molar-refractivity contribution in [2.75, 3.05) is 0 Å². The first-order valence-corrected chi connectivity index (χ1v) is 4.31. The highest BCUT2D eigenvalue weighted by Crippen LogP contribution is 2.22. The van der Waals surface area contributed by atoms with Gasteiger partial charge in [-0.2, -0.15) is 0 Å². The van der Waals surface area contributed by atoms with E-state index in [1.807, 2.05) is 20.8 Å². The van der Waals surface area contributed by atoms with E-state index in [0.29, 0.717) is 11.8 Å². The minimum atomic E-state index is -0.379. The van der Waals surface area contributed by atoms with Crippen LogP contribution in [-0.4, -0.2) is 6.29 Å². The molecule has 1 aromatic rings. The van der Waals surface area contributed by atoms with Crippen LogP contribution >= 0.6 is 0 Å². The molecule has 0 heterocycles. The number of hydrogen-bond acceptors (Lipinski definition) is 1. The predicted molar refractivity (Wildman–Crippen MR) is 50.6 cm³/mol. The summed E-state index contributed by atoms with van der Waals surface area (Å²) in [6.45, 7) is 5.68. The average Bonchev–Trinajstić information content (AvgIpc) is 2.08. The molecule has 0 atom stereocenters. The number of halogens is 1. The Kier molecular flexibility index (Phi) is 2.81. The van der Waals surface area contributed by atoms with Crippen molar-refractivity contribution in [3.8, 4) is 0 Å². The van der Waals surface area contributed by atoms with Crippen LogP contribution in [0.25, 0.3) is 0 Å². The van der Waals surface area contributed by atoms with Crippen LogP contribution in [0, 0.1) is 12.7 Å². The maximum absolute atomic E-state index is 13.5. The molecule has 0 fully saturated rings. The van der Waals surface area contributed by atoms with E-state index in [0.717, 1.165) is 5.56 Å². The van der Waals surface area contributed by atoms with E-state index in [1.165, 1.54) is 0 Å². The van der Waals surface area contributed by atoms with Gasteiger partial charge in [0.05, 0.1) is 5.56 Å². The summed E-state index contributed by atoms with van der Waals surface area (Å²) in [5.41, 5.74) is 1.69. The van der Waals surface area contributed by atoms with Gasteiger partial charge in [-0.15, -0.1) is 0 Å². The van der Waals surface area contributed by atoms with E-state index in [-0.39, 0.29) is 17.3 Å². The maximum atomic E-state index is 13.5. The fourth-order valence-electron chi connectivity index (χ4n) is 1.33. The molecular formula is C11H13FO. The van der Waals surface area contributed by atoms with Crippen molar-refractivity contribution >= 4 is 6.29 Å². The zero-order valence-corrected chi connectivity index (χ0v) is 8.10. The summed E-state index contributed by atoms with van der Waals surface area (Å²) in [7, 11) is 0. The number of carbonyl (C=O) groups is 1. The molecule has 0 radical (unpaired) electrons. The molecular weight excluding hydrogens is 167 g/mol. The Morgan fingerprint density at radius 2 is 2.00 bits per heavy atom. The van der Waals surface area contributed by atoms with Gasteiger partial charge >= 0.3 is 0 Å². The van der Waals surface area contributed by atoms with Crippen molar-refractivity contribution in [2.45, 2.75) is 26.7 Å². The molecule has 0 bridgehead atoms. The average molecular weight is 180 g/mol. The molecule has 1 rings (SSSR count). The highest BCUT2D eigenvalue weighted by atomic mass is 19.1. The second-order valence-electron chi connectivity index (χ2n) is 3.53. The quantitative estimate of drug-likeness (QED) is 0.639.